The van der Waals surface area contributed by atoms with Gasteiger partial charge in [-0.05, 0) is 56.2 Å². The Morgan fingerprint density at radius 2 is 1.72 bits per heavy atom. The summed E-state index contributed by atoms with van der Waals surface area (Å²) in [5.41, 5.74) is 1.66. The molecule has 1 atom stereocenters. The molecule has 2 aliphatic rings. The predicted molar refractivity (Wildman–Crippen MR) is 99.7 cm³/mol. The van der Waals surface area contributed by atoms with Gasteiger partial charge in [0.25, 0.3) is 0 Å². The maximum absolute atomic E-state index is 12.4. The molecule has 1 amide bonds. The van der Waals surface area contributed by atoms with Gasteiger partial charge in [-0.15, -0.1) is 0 Å². The summed E-state index contributed by atoms with van der Waals surface area (Å²) in [6.07, 6.45) is 7.50. The Hall–Kier alpha value is -1.40. The zero-order valence-corrected chi connectivity index (χ0v) is 15.6. The van der Waals surface area contributed by atoms with Crippen LogP contribution < -0.4 is 10.0 Å². The molecule has 2 N–H and O–H groups in total. The number of benzene rings is 1. The molecule has 25 heavy (non-hydrogen) atoms. The second-order valence-corrected chi connectivity index (χ2v) is 9.31. The fraction of sp³-hybridized carbons (Fsp3) is 0.632. The third-order valence-electron chi connectivity index (χ3n) is 5.16. The molecule has 1 aromatic rings. The summed E-state index contributed by atoms with van der Waals surface area (Å²) in [7, 11) is -3.28. The Morgan fingerprint density at radius 3 is 2.32 bits per heavy atom. The molecule has 3 rings (SSSR count). The molecule has 2 saturated carbocycles. The van der Waals surface area contributed by atoms with Crippen LogP contribution >= 0.6 is 0 Å². The van der Waals surface area contributed by atoms with Crippen LogP contribution in [0.4, 0.5) is 5.69 Å². The Labute approximate surface area is 150 Å². The SMILES string of the molecule is CC(NS(=O)(=O)CC1CCCCC1)c1ccc(NC(=O)C2CC2)cc1. The van der Waals surface area contributed by atoms with E-state index in [-0.39, 0.29) is 23.6 Å². The molecule has 0 aliphatic heterocycles. The zero-order valence-electron chi connectivity index (χ0n) is 14.8. The van der Waals surface area contributed by atoms with Crippen molar-refractivity contribution < 1.29 is 13.2 Å². The van der Waals surface area contributed by atoms with Gasteiger partial charge in [-0.1, -0.05) is 31.4 Å². The second kappa shape index (κ2) is 7.87. The summed E-state index contributed by atoms with van der Waals surface area (Å²) < 4.78 is 27.6. The highest BCUT2D eigenvalue weighted by Crippen LogP contribution is 2.30. The number of anilines is 1. The third-order valence-corrected chi connectivity index (χ3v) is 6.79. The molecule has 0 bridgehead atoms. The highest BCUT2D eigenvalue weighted by atomic mass is 32.2. The van der Waals surface area contributed by atoms with Crippen LogP contribution in [-0.4, -0.2) is 20.1 Å². The number of hydrogen-bond acceptors (Lipinski definition) is 3. The van der Waals surface area contributed by atoms with Gasteiger partial charge in [0.15, 0.2) is 0 Å². The van der Waals surface area contributed by atoms with E-state index in [1.807, 2.05) is 31.2 Å². The van der Waals surface area contributed by atoms with Crippen LogP contribution in [0.1, 0.15) is 63.5 Å². The summed E-state index contributed by atoms with van der Waals surface area (Å²) in [6, 6.07) is 7.14. The number of amides is 1. The van der Waals surface area contributed by atoms with E-state index in [0.717, 1.165) is 49.8 Å². The van der Waals surface area contributed by atoms with E-state index in [2.05, 4.69) is 10.0 Å². The van der Waals surface area contributed by atoms with E-state index in [0.29, 0.717) is 5.92 Å². The van der Waals surface area contributed by atoms with E-state index in [4.69, 9.17) is 0 Å². The van der Waals surface area contributed by atoms with E-state index < -0.39 is 10.0 Å². The maximum atomic E-state index is 12.4. The average molecular weight is 365 g/mol. The standard InChI is InChI=1S/C19H28N2O3S/c1-14(21-25(23,24)13-15-5-3-2-4-6-15)16-9-11-18(12-10-16)20-19(22)17-7-8-17/h9-12,14-15,17,21H,2-8,13H2,1H3,(H,20,22). The average Bonchev–Trinajstić information content (AvgIpc) is 3.40. The summed E-state index contributed by atoms with van der Waals surface area (Å²) in [4.78, 5) is 11.8. The summed E-state index contributed by atoms with van der Waals surface area (Å²) in [5, 5.41) is 2.89. The van der Waals surface area contributed by atoms with Gasteiger partial charge in [0.1, 0.15) is 0 Å². The topological polar surface area (TPSA) is 75.3 Å². The summed E-state index contributed by atoms with van der Waals surface area (Å²) >= 11 is 0. The minimum atomic E-state index is -3.28. The van der Waals surface area contributed by atoms with Crippen molar-refractivity contribution in [3.05, 3.63) is 29.8 Å². The molecule has 1 aromatic carbocycles. The van der Waals surface area contributed by atoms with Crippen molar-refractivity contribution in [1.29, 1.82) is 0 Å². The van der Waals surface area contributed by atoms with Gasteiger partial charge < -0.3 is 5.32 Å². The lowest BCUT2D eigenvalue weighted by atomic mass is 9.91. The fourth-order valence-corrected chi connectivity index (χ4v) is 5.22. The van der Waals surface area contributed by atoms with Gasteiger partial charge in [-0.2, -0.15) is 0 Å². The number of sulfonamides is 1. The van der Waals surface area contributed by atoms with Crippen LogP contribution in [0.3, 0.4) is 0 Å². The van der Waals surface area contributed by atoms with Gasteiger partial charge in [-0.25, -0.2) is 13.1 Å². The van der Waals surface area contributed by atoms with Crippen LogP contribution in [0.15, 0.2) is 24.3 Å². The van der Waals surface area contributed by atoms with Crippen LogP contribution in [0.25, 0.3) is 0 Å². The number of hydrogen-bond donors (Lipinski definition) is 2. The molecule has 1 unspecified atom stereocenters. The molecule has 6 heteroatoms. The number of carbonyl (C=O) groups excluding carboxylic acids is 1. The summed E-state index contributed by atoms with van der Waals surface area (Å²) in [6.45, 7) is 1.86. The molecule has 0 radical (unpaired) electrons. The molecule has 0 saturated heterocycles. The van der Waals surface area contributed by atoms with Crippen LogP contribution in [0.5, 0.6) is 0 Å². The number of nitrogens with one attached hydrogen (secondary N) is 2. The molecular formula is C19H28N2O3S. The molecule has 0 aromatic heterocycles. The van der Waals surface area contributed by atoms with Crippen LogP contribution in [-0.2, 0) is 14.8 Å². The first-order chi connectivity index (χ1) is 11.9. The summed E-state index contributed by atoms with van der Waals surface area (Å²) in [5.74, 6) is 0.769. The van der Waals surface area contributed by atoms with Gasteiger partial charge in [0, 0.05) is 17.6 Å². The first-order valence-corrected chi connectivity index (χ1v) is 11.0. The lowest BCUT2D eigenvalue weighted by Crippen LogP contribution is -2.32. The quantitative estimate of drug-likeness (QED) is 0.776. The molecule has 138 valence electrons. The number of carbonyl (C=O) groups is 1. The van der Waals surface area contributed by atoms with Gasteiger partial charge in [0.2, 0.25) is 15.9 Å². The minimum absolute atomic E-state index is 0.0778. The van der Waals surface area contributed by atoms with Crippen molar-refractivity contribution in [1.82, 2.24) is 4.72 Å². The maximum Gasteiger partial charge on any atom is 0.227 e. The Balaban J connectivity index is 1.54. The van der Waals surface area contributed by atoms with Crippen molar-refractivity contribution in [2.24, 2.45) is 11.8 Å². The van der Waals surface area contributed by atoms with E-state index >= 15 is 0 Å². The lowest BCUT2D eigenvalue weighted by Gasteiger charge is -2.23. The first kappa shape index (κ1) is 18.4. The third kappa shape index (κ3) is 5.54. The second-order valence-electron chi connectivity index (χ2n) is 7.51. The Bertz CT molecular complexity index is 690. The predicted octanol–water partition coefficient (Wildman–Crippen LogP) is 3.60. The van der Waals surface area contributed by atoms with Crippen molar-refractivity contribution >= 4 is 21.6 Å². The fourth-order valence-electron chi connectivity index (χ4n) is 3.49. The highest BCUT2D eigenvalue weighted by Gasteiger charge is 2.29. The smallest absolute Gasteiger partial charge is 0.227 e. The number of rotatable bonds is 7. The van der Waals surface area contributed by atoms with Crippen molar-refractivity contribution in [3.63, 3.8) is 0 Å². The molecular weight excluding hydrogens is 336 g/mol. The highest BCUT2D eigenvalue weighted by molar-refractivity contribution is 7.89. The normalized spacial score (nSPS) is 20.2. The van der Waals surface area contributed by atoms with Crippen molar-refractivity contribution in [2.45, 2.75) is 57.9 Å². The van der Waals surface area contributed by atoms with Gasteiger partial charge in [-0.3, -0.25) is 4.79 Å². The van der Waals surface area contributed by atoms with Crippen molar-refractivity contribution in [3.8, 4) is 0 Å². The first-order valence-electron chi connectivity index (χ1n) is 9.34. The Kier molecular flexibility index (Phi) is 5.79. The molecule has 2 aliphatic carbocycles. The Morgan fingerprint density at radius 1 is 1.08 bits per heavy atom. The van der Waals surface area contributed by atoms with Crippen molar-refractivity contribution in [2.75, 3.05) is 11.1 Å². The van der Waals surface area contributed by atoms with Crippen LogP contribution in [0.2, 0.25) is 0 Å². The zero-order chi connectivity index (χ0) is 17.9. The largest absolute Gasteiger partial charge is 0.326 e. The molecule has 0 spiro atoms. The lowest BCUT2D eigenvalue weighted by molar-refractivity contribution is -0.117. The van der Waals surface area contributed by atoms with Gasteiger partial charge >= 0.3 is 0 Å². The molecule has 0 heterocycles. The van der Waals surface area contributed by atoms with E-state index in [1.54, 1.807) is 0 Å². The van der Waals surface area contributed by atoms with E-state index in [9.17, 15) is 13.2 Å². The molecule has 5 nitrogen and oxygen atoms in total. The minimum Gasteiger partial charge on any atom is -0.326 e. The monoisotopic (exact) mass is 364 g/mol. The molecule has 2 fully saturated rings. The van der Waals surface area contributed by atoms with E-state index in [1.165, 1.54) is 6.42 Å². The van der Waals surface area contributed by atoms with Gasteiger partial charge in [0.05, 0.1) is 5.75 Å². The van der Waals surface area contributed by atoms with Crippen LogP contribution in [0, 0.1) is 11.8 Å².